The Morgan fingerprint density at radius 1 is 0.571 bits per heavy atom. The zero-order valence-corrected chi connectivity index (χ0v) is 13.0. The van der Waals surface area contributed by atoms with Gasteiger partial charge in [0, 0.05) is 34.2 Å². The average Bonchev–Trinajstić information content (AvgIpc) is 2.22. The molecule has 4 N–H and O–H groups in total. The van der Waals surface area contributed by atoms with Crippen molar-refractivity contribution in [1.29, 1.82) is 0 Å². The summed E-state index contributed by atoms with van der Waals surface area (Å²) in [7, 11) is 0. The van der Waals surface area contributed by atoms with Gasteiger partial charge in [-0.1, -0.05) is 0 Å². The fourth-order valence-corrected chi connectivity index (χ4v) is 1.48. The van der Waals surface area contributed by atoms with Gasteiger partial charge in [0.05, 0.1) is 26.2 Å². The Labute approximate surface area is 134 Å². The predicted molar refractivity (Wildman–Crippen MR) is 63.4 cm³/mol. The summed E-state index contributed by atoms with van der Waals surface area (Å²) in [5, 5.41) is 34.5. The predicted octanol–water partition coefficient (Wildman–Crippen LogP) is -2.07. The molecule has 0 atom stereocenters. The number of hydrogen-bond donors (Lipinski definition) is 4. The van der Waals surface area contributed by atoms with Crippen LogP contribution in [0.3, 0.4) is 0 Å². The molecular weight excluding hydrogens is 372 g/mol. The third-order valence-electron chi connectivity index (χ3n) is 2.17. The van der Waals surface area contributed by atoms with E-state index in [1.165, 1.54) is 0 Å². The summed E-state index contributed by atoms with van der Waals surface area (Å²) in [6.07, 6.45) is 0. The molecule has 11 heteroatoms. The molecule has 0 bridgehead atoms. The van der Waals surface area contributed by atoms with E-state index in [4.69, 9.17) is 20.4 Å². The first-order valence-electron chi connectivity index (χ1n) is 5.52. The van der Waals surface area contributed by atoms with Crippen molar-refractivity contribution >= 4 is 23.9 Å². The minimum Gasteiger partial charge on any atom is -0.480 e. The summed E-state index contributed by atoms with van der Waals surface area (Å²) in [6, 6.07) is 0. The van der Waals surface area contributed by atoms with E-state index in [0.29, 0.717) is 0 Å². The molecule has 0 radical (unpaired) electrons. The van der Waals surface area contributed by atoms with Gasteiger partial charge in [0.1, 0.15) is 0 Å². The van der Waals surface area contributed by atoms with Crippen LogP contribution < -0.4 is 0 Å². The van der Waals surface area contributed by atoms with Crippen LogP contribution in [-0.4, -0.2) is 93.4 Å². The minimum atomic E-state index is -1.23. The van der Waals surface area contributed by atoms with Gasteiger partial charge in [-0.2, -0.15) is 0 Å². The first-order chi connectivity index (χ1) is 9.20. The molecular formula is C10H16MoN2O8. The zero-order valence-electron chi connectivity index (χ0n) is 11.0. The van der Waals surface area contributed by atoms with Crippen molar-refractivity contribution in [1.82, 2.24) is 9.80 Å². The minimum absolute atomic E-state index is 0. The first-order valence-corrected chi connectivity index (χ1v) is 5.52. The normalized spacial score (nSPS) is 10.2. The summed E-state index contributed by atoms with van der Waals surface area (Å²) in [4.78, 5) is 44.4. The van der Waals surface area contributed by atoms with Gasteiger partial charge in [-0.15, -0.1) is 0 Å². The quantitative estimate of drug-likeness (QED) is 0.290. The van der Waals surface area contributed by atoms with Gasteiger partial charge in [0.2, 0.25) is 0 Å². The van der Waals surface area contributed by atoms with Gasteiger partial charge < -0.3 is 20.4 Å². The van der Waals surface area contributed by atoms with Crippen molar-refractivity contribution in [2.75, 3.05) is 39.3 Å². The molecule has 0 rings (SSSR count). The van der Waals surface area contributed by atoms with Gasteiger partial charge in [-0.3, -0.25) is 29.0 Å². The molecule has 120 valence electrons. The molecule has 0 aliphatic rings. The van der Waals surface area contributed by atoms with Crippen molar-refractivity contribution < 1.29 is 60.7 Å². The van der Waals surface area contributed by atoms with Crippen LogP contribution in [0.4, 0.5) is 0 Å². The summed E-state index contributed by atoms with van der Waals surface area (Å²) in [6.45, 7) is -2.25. The van der Waals surface area contributed by atoms with Gasteiger partial charge in [0.15, 0.2) is 0 Å². The molecule has 0 aromatic heterocycles. The second kappa shape index (κ2) is 11.2. The Morgan fingerprint density at radius 3 is 0.905 bits per heavy atom. The average molecular weight is 388 g/mol. The van der Waals surface area contributed by atoms with Crippen LogP contribution in [0.1, 0.15) is 0 Å². The van der Waals surface area contributed by atoms with Crippen LogP contribution in [0.15, 0.2) is 0 Å². The molecule has 0 fully saturated rings. The van der Waals surface area contributed by atoms with Crippen molar-refractivity contribution in [2.45, 2.75) is 0 Å². The molecule has 0 saturated heterocycles. The second-order valence-electron chi connectivity index (χ2n) is 4.00. The van der Waals surface area contributed by atoms with Crippen molar-refractivity contribution in [3.05, 3.63) is 0 Å². The van der Waals surface area contributed by atoms with E-state index in [1.54, 1.807) is 0 Å². The zero-order chi connectivity index (χ0) is 15.7. The smallest absolute Gasteiger partial charge is 0.317 e. The van der Waals surface area contributed by atoms with E-state index in [9.17, 15) is 19.2 Å². The number of rotatable bonds is 11. The number of carboxylic acids is 4. The molecule has 21 heavy (non-hydrogen) atoms. The van der Waals surface area contributed by atoms with E-state index in [-0.39, 0.29) is 34.2 Å². The number of hydrogen-bond acceptors (Lipinski definition) is 6. The maximum atomic E-state index is 10.6. The maximum absolute atomic E-state index is 10.6. The van der Waals surface area contributed by atoms with Crippen LogP contribution >= 0.6 is 0 Å². The molecule has 0 aliphatic carbocycles. The van der Waals surface area contributed by atoms with Crippen molar-refractivity contribution in [3.8, 4) is 0 Å². The maximum Gasteiger partial charge on any atom is 0.317 e. The Hall–Kier alpha value is -1.51. The molecule has 0 aliphatic heterocycles. The summed E-state index contributed by atoms with van der Waals surface area (Å²) >= 11 is 0. The van der Waals surface area contributed by atoms with E-state index in [1.807, 2.05) is 0 Å². The first kappa shape index (κ1) is 21.8. The number of nitrogens with zero attached hydrogens (tertiary/aromatic N) is 2. The third-order valence-corrected chi connectivity index (χ3v) is 2.17. The SMILES string of the molecule is O=C(O)CN(CCN(CC(=O)O)CC(=O)O)CC(=O)O.[Mo]. The molecule has 0 heterocycles. The second-order valence-corrected chi connectivity index (χ2v) is 4.00. The summed E-state index contributed by atoms with van der Waals surface area (Å²) in [5.74, 6) is -4.91. The monoisotopic (exact) mass is 390 g/mol. The van der Waals surface area contributed by atoms with E-state index in [0.717, 1.165) is 9.80 Å². The Balaban J connectivity index is 0. The molecule has 10 nitrogen and oxygen atoms in total. The van der Waals surface area contributed by atoms with Crippen molar-refractivity contribution in [3.63, 3.8) is 0 Å². The van der Waals surface area contributed by atoms with Crippen LogP contribution in [0.25, 0.3) is 0 Å². The molecule has 0 aromatic carbocycles. The summed E-state index contributed by atoms with van der Waals surface area (Å²) in [5.41, 5.74) is 0. The third kappa shape index (κ3) is 13.2. The Kier molecular flexibility index (Phi) is 11.6. The van der Waals surface area contributed by atoms with Gasteiger partial charge in [0.25, 0.3) is 0 Å². The van der Waals surface area contributed by atoms with Crippen LogP contribution in [0.2, 0.25) is 0 Å². The fourth-order valence-electron chi connectivity index (χ4n) is 1.48. The molecule has 0 aromatic rings. The molecule has 0 saturated carbocycles. The van der Waals surface area contributed by atoms with Crippen molar-refractivity contribution in [2.24, 2.45) is 0 Å². The number of carbonyl (C=O) groups is 4. The Morgan fingerprint density at radius 2 is 0.762 bits per heavy atom. The molecule has 0 amide bonds. The van der Waals surface area contributed by atoms with Gasteiger partial charge in [-0.25, -0.2) is 0 Å². The van der Waals surface area contributed by atoms with Gasteiger partial charge in [-0.05, 0) is 0 Å². The molecule has 0 unspecified atom stereocenters. The Bertz CT molecular complexity index is 321. The number of aliphatic carboxylic acids is 4. The van der Waals surface area contributed by atoms with Gasteiger partial charge >= 0.3 is 23.9 Å². The number of carboxylic acid groups (broad SMARTS) is 4. The fraction of sp³-hybridized carbons (Fsp3) is 0.600. The van der Waals surface area contributed by atoms with Crippen LogP contribution in [-0.2, 0) is 40.2 Å². The van der Waals surface area contributed by atoms with E-state index < -0.39 is 50.1 Å². The van der Waals surface area contributed by atoms with E-state index >= 15 is 0 Å². The van der Waals surface area contributed by atoms with Crippen LogP contribution in [0.5, 0.6) is 0 Å². The van der Waals surface area contributed by atoms with E-state index in [2.05, 4.69) is 0 Å². The van der Waals surface area contributed by atoms with Crippen LogP contribution in [0, 0.1) is 0 Å². The molecule has 0 spiro atoms. The largest absolute Gasteiger partial charge is 0.480 e. The topological polar surface area (TPSA) is 156 Å². The standard InChI is InChI=1S/C10H16N2O8.Mo/c13-7(14)3-11(4-8(15)16)1-2-12(5-9(17)18)6-10(19)20;/h1-6H2,(H,13,14)(H,15,16)(H,17,18)(H,19,20);. The summed E-state index contributed by atoms with van der Waals surface area (Å²) < 4.78 is 0.